The van der Waals surface area contributed by atoms with Crippen LogP contribution in [0.15, 0.2) is 30.6 Å². The van der Waals surface area contributed by atoms with Crippen LogP contribution in [0.1, 0.15) is 30.8 Å². The van der Waals surface area contributed by atoms with Crippen molar-refractivity contribution in [3.05, 3.63) is 45.6 Å². The average molecular weight is 370 g/mol. The van der Waals surface area contributed by atoms with Gasteiger partial charge in [0.25, 0.3) is 0 Å². The fourth-order valence-corrected chi connectivity index (χ4v) is 2.37. The summed E-state index contributed by atoms with van der Waals surface area (Å²) in [7, 11) is 1.94. The van der Waals surface area contributed by atoms with Gasteiger partial charge in [-0.15, -0.1) is 0 Å². The molecule has 19 heavy (non-hydrogen) atoms. The minimum absolute atomic E-state index is 0.292. The molecule has 0 amide bonds. The number of rotatable bonds is 6. The minimum atomic E-state index is 0.292. The van der Waals surface area contributed by atoms with E-state index in [0.29, 0.717) is 6.04 Å². The summed E-state index contributed by atoms with van der Waals surface area (Å²) in [6.45, 7) is 3.19. The van der Waals surface area contributed by atoms with E-state index < -0.39 is 0 Å². The zero-order chi connectivity index (χ0) is 13.7. The Bertz CT molecular complexity index is 506. The summed E-state index contributed by atoms with van der Waals surface area (Å²) in [5, 5.41) is 7.72. The maximum atomic E-state index is 4.32. The predicted octanol–water partition coefficient (Wildman–Crippen LogP) is 2.70. The lowest BCUT2D eigenvalue weighted by atomic mass is 10.0. The van der Waals surface area contributed by atoms with Gasteiger partial charge in [0.2, 0.25) is 0 Å². The lowest BCUT2D eigenvalue weighted by Gasteiger charge is -2.18. The molecule has 0 saturated carbocycles. The SMILES string of the molecule is CCCNC(Cc1ncnn1C)c1ccc(I)cc1. The molecule has 0 bridgehead atoms. The molecule has 0 saturated heterocycles. The Morgan fingerprint density at radius 2 is 2.05 bits per heavy atom. The highest BCUT2D eigenvalue weighted by Gasteiger charge is 2.14. The van der Waals surface area contributed by atoms with Crippen LogP contribution in [-0.4, -0.2) is 21.3 Å². The summed E-state index contributed by atoms with van der Waals surface area (Å²) in [5.41, 5.74) is 1.30. The third-order valence-electron chi connectivity index (χ3n) is 3.10. The second kappa shape index (κ2) is 7.00. The highest BCUT2D eigenvalue weighted by Crippen LogP contribution is 2.18. The van der Waals surface area contributed by atoms with Crippen LogP contribution >= 0.6 is 22.6 Å². The number of benzene rings is 1. The van der Waals surface area contributed by atoms with E-state index in [9.17, 15) is 0 Å². The fourth-order valence-electron chi connectivity index (χ4n) is 2.01. The van der Waals surface area contributed by atoms with Crippen LogP contribution in [0.5, 0.6) is 0 Å². The molecule has 102 valence electrons. The van der Waals surface area contributed by atoms with Crippen LogP contribution < -0.4 is 5.32 Å². The molecular formula is C14H19IN4. The molecular weight excluding hydrogens is 351 g/mol. The Morgan fingerprint density at radius 1 is 1.32 bits per heavy atom. The first-order valence-electron chi connectivity index (χ1n) is 6.52. The van der Waals surface area contributed by atoms with Crippen LogP contribution in [0.2, 0.25) is 0 Å². The van der Waals surface area contributed by atoms with Crippen LogP contribution in [0, 0.1) is 3.57 Å². The highest BCUT2D eigenvalue weighted by atomic mass is 127. The topological polar surface area (TPSA) is 42.7 Å². The van der Waals surface area contributed by atoms with E-state index in [1.807, 2.05) is 11.7 Å². The second-order valence-electron chi connectivity index (χ2n) is 4.56. The molecule has 2 aromatic rings. The molecule has 1 N–H and O–H groups in total. The Kier molecular flexibility index (Phi) is 5.33. The largest absolute Gasteiger partial charge is 0.310 e. The maximum absolute atomic E-state index is 4.32. The Labute approximate surface area is 127 Å². The minimum Gasteiger partial charge on any atom is -0.310 e. The van der Waals surface area contributed by atoms with Gasteiger partial charge < -0.3 is 5.32 Å². The van der Waals surface area contributed by atoms with E-state index in [1.54, 1.807) is 6.33 Å². The van der Waals surface area contributed by atoms with Crippen molar-refractivity contribution in [2.75, 3.05) is 6.54 Å². The van der Waals surface area contributed by atoms with Crippen molar-refractivity contribution in [2.45, 2.75) is 25.8 Å². The number of nitrogens with zero attached hydrogens (tertiary/aromatic N) is 3. The van der Waals surface area contributed by atoms with Crippen molar-refractivity contribution >= 4 is 22.6 Å². The van der Waals surface area contributed by atoms with Gasteiger partial charge in [-0.2, -0.15) is 5.10 Å². The monoisotopic (exact) mass is 370 g/mol. The van der Waals surface area contributed by atoms with Gasteiger partial charge in [0.15, 0.2) is 0 Å². The first-order valence-corrected chi connectivity index (χ1v) is 7.60. The molecule has 4 nitrogen and oxygen atoms in total. The first kappa shape index (κ1) is 14.5. The maximum Gasteiger partial charge on any atom is 0.138 e. The average Bonchev–Trinajstić information content (AvgIpc) is 2.81. The van der Waals surface area contributed by atoms with Crippen molar-refractivity contribution in [1.29, 1.82) is 0 Å². The molecule has 0 aliphatic heterocycles. The quantitative estimate of drug-likeness (QED) is 0.796. The van der Waals surface area contributed by atoms with E-state index >= 15 is 0 Å². The van der Waals surface area contributed by atoms with Gasteiger partial charge in [0.1, 0.15) is 12.2 Å². The molecule has 0 fully saturated rings. The summed E-state index contributed by atoms with van der Waals surface area (Å²) < 4.78 is 3.10. The van der Waals surface area contributed by atoms with Crippen molar-refractivity contribution < 1.29 is 0 Å². The van der Waals surface area contributed by atoms with E-state index in [0.717, 1.165) is 25.2 Å². The molecule has 1 unspecified atom stereocenters. The summed E-state index contributed by atoms with van der Waals surface area (Å²) in [6.07, 6.45) is 3.59. The van der Waals surface area contributed by atoms with E-state index in [2.05, 4.69) is 69.2 Å². The highest BCUT2D eigenvalue weighted by molar-refractivity contribution is 14.1. The van der Waals surface area contributed by atoms with Crippen molar-refractivity contribution in [1.82, 2.24) is 20.1 Å². The van der Waals surface area contributed by atoms with Crippen LogP contribution in [0.25, 0.3) is 0 Å². The Balaban J connectivity index is 2.15. The molecule has 1 aromatic heterocycles. The fraction of sp³-hybridized carbons (Fsp3) is 0.429. The number of nitrogens with one attached hydrogen (secondary N) is 1. The smallest absolute Gasteiger partial charge is 0.138 e. The van der Waals surface area contributed by atoms with Crippen molar-refractivity contribution in [2.24, 2.45) is 7.05 Å². The van der Waals surface area contributed by atoms with Gasteiger partial charge in [0, 0.05) is 23.1 Å². The molecule has 5 heteroatoms. The molecule has 0 aliphatic carbocycles. The Hall–Kier alpha value is -0.950. The molecule has 1 aromatic carbocycles. The summed E-state index contributed by atoms with van der Waals surface area (Å²) in [5.74, 6) is 1.01. The molecule has 0 aliphatic rings. The van der Waals surface area contributed by atoms with E-state index in [-0.39, 0.29) is 0 Å². The second-order valence-corrected chi connectivity index (χ2v) is 5.81. The van der Waals surface area contributed by atoms with Crippen molar-refractivity contribution in [3.8, 4) is 0 Å². The van der Waals surface area contributed by atoms with Crippen molar-refractivity contribution in [3.63, 3.8) is 0 Å². The lowest BCUT2D eigenvalue weighted by Crippen LogP contribution is -2.25. The number of aryl methyl sites for hydroxylation is 1. The van der Waals surface area contributed by atoms with Gasteiger partial charge in [0.05, 0.1) is 0 Å². The summed E-state index contributed by atoms with van der Waals surface area (Å²) in [6, 6.07) is 8.96. The van der Waals surface area contributed by atoms with Crippen LogP contribution in [0.4, 0.5) is 0 Å². The van der Waals surface area contributed by atoms with E-state index in [1.165, 1.54) is 9.13 Å². The lowest BCUT2D eigenvalue weighted by molar-refractivity contribution is 0.506. The summed E-state index contributed by atoms with van der Waals surface area (Å²) in [4.78, 5) is 4.32. The number of aromatic nitrogens is 3. The number of hydrogen-bond acceptors (Lipinski definition) is 3. The first-order chi connectivity index (χ1) is 9.20. The van der Waals surface area contributed by atoms with Gasteiger partial charge >= 0.3 is 0 Å². The van der Waals surface area contributed by atoms with Gasteiger partial charge in [-0.3, -0.25) is 4.68 Å². The van der Waals surface area contributed by atoms with Gasteiger partial charge in [-0.05, 0) is 53.3 Å². The molecule has 1 atom stereocenters. The summed E-state index contributed by atoms with van der Waals surface area (Å²) >= 11 is 2.33. The third kappa shape index (κ3) is 4.01. The van der Waals surface area contributed by atoms with Crippen LogP contribution in [-0.2, 0) is 13.5 Å². The molecule has 2 rings (SSSR count). The molecule has 0 radical (unpaired) electrons. The predicted molar refractivity (Wildman–Crippen MR) is 84.9 cm³/mol. The normalized spacial score (nSPS) is 12.6. The zero-order valence-corrected chi connectivity index (χ0v) is 13.5. The zero-order valence-electron chi connectivity index (χ0n) is 11.3. The Morgan fingerprint density at radius 3 is 2.63 bits per heavy atom. The molecule has 1 heterocycles. The number of hydrogen-bond donors (Lipinski definition) is 1. The van der Waals surface area contributed by atoms with Crippen LogP contribution in [0.3, 0.4) is 0 Å². The molecule has 0 spiro atoms. The standard InChI is InChI=1S/C14H19IN4/c1-3-8-16-13(9-14-17-10-18-19(14)2)11-4-6-12(15)7-5-11/h4-7,10,13,16H,3,8-9H2,1-2H3. The van der Waals surface area contributed by atoms with E-state index in [4.69, 9.17) is 0 Å². The number of halogens is 1. The third-order valence-corrected chi connectivity index (χ3v) is 3.82. The van der Waals surface area contributed by atoms with Gasteiger partial charge in [-0.25, -0.2) is 4.98 Å². The van der Waals surface area contributed by atoms with Gasteiger partial charge in [-0.1, -0.05) is 19.1 Å².